The van der Waals surface area contributed by atoms with E-state index in [0.29, 0.717) is 0 Å². The summed E-state index contributed by atoms with van der Waals surface area (Å²) in [7, 11) is 0. The van der Waals surface area contributed by atoms with E-state index in [4.69, 9.17) is 5.84 Å². The van der Waals surface area contributed by atoms with E-state index in [9.17, 15) is 0 Å². The van der Waals surface area contributed by atoms with Crippen molar-refractivity contribution in [2.45, 2.75) is 19.4 Å². The van der Waals surface area contributed by atoms with Crippen LogP contribution >= 0.6 is 15.9 Å². The van der Waals surface area contributed by atoms with Gasteiger partial charge in [-0.05, 0) is 36.6 Å². The molecule has 0 spiro atoms. The molecule has 3 heteroatoms. The molecule has 0 amide bonds. The van der Waals surface area contributed by atoms with Gasteiger partial charge < -0.3 is 0 Å². The van der Waals surface area contributed by atoms with Crippen LogP contribution in [0.3, 0.4) is 0 Å². The van der Waals surface area contributed by atoms with Gasteiger partial charge in [-0.25, -0.2) is 0 Å². The fourth-order valence-corrected chi connectivity index (χ4v) is 2.49. The molecule has 3 N–H and O–H groups in total. The lowest BCUT2D eigenvalue weighted by Gasteiger charge is -2.17. The maximum Gasteiger partial charge on any atom is 0.0500 e. The number of halogens is 1. The van der Waals surface area contributed by atoms with E-state index < -0.39 is 0 Å². The Hall–Kier alpha value is -1.16. The van der Waals surface area contributed by atoms with Crippen molar-refractivity contribution < 1.29 is 0 Å². The zero-order valence-corrected chi connectivity index (χ0v) is 11.9. The SMILES string of the molecule is Cc1cccc(CC(NN)c2cccc(Br)c2)c1. The van der Waals surface area contributed by atoms with Crippen molar-refractivity contribution >= 4 is 15.9 Å². The highest BCUT2D eigenvalue weighted by molar-refractivity contribution is 9.10. The molecule has 0 radical (unpaired) electrons. The van der Waals surface area contributed by atoms with Gasteiger partial charge in [0.25, 0.3) is 0 Å². The quantitative estimate of drug-likeness (QED) is 0.670. The van der Waals surface area contributed by atoms with E-state index in [1.54, 1.807) is 0 Å². The fourth-order valence-electron chi connectivity index (χ4n) is 2.07. The predicted octanol–water partition coefficient (Wildman–Crippen LogP) is 3.50. The van der Waals surface area contributed by atoms with Gasteiger partial charge in [-0.1, -0.05) is 57.9 Å². The van der Waals surface area contributed by atoms with Crippen LogP contribution in [0.25, 0.3) is 0 Å². The highest BCUT2D eigenvalue weighted by Gasteiger charge is 2.10. The van der Waals surface area contributed by atoms with Crippen molar-refractivity contribution in [3.8, 4) is 0 Å². The van der Waals surface area contributed by atoms with Crippen molar-refractivity contribution in [1.82, 2.24) is 5.43 Å². The van der Waals surface area contributed by atoms with Crippen molar-refractivity contribution in [2.24, 2.45) is 5.84 Å². The Labute approximate surface area is 116 Å². The average molecular weight is 305 g/mol. The van der Waals surface area contributed by atoms with E-state index in [1.807, 2.05) is 12.1 Å². The van der Waals surface area contributed by atoms with Gasteiger partial charge >= 0.3 is 0 Å². The zero-order valence-electron chi connectivity index (χ0n) is 10.4. The number of benzene rings is 2. The number of hydrazine groups is 1. The second-order valence-electron chi connectivity index (χ2n) is 4.47. The highest BCUT2D eigenvalue weighted by Crippen LogP contribution is 2.21. The lowest BCUT2D eigenvalue weighted by Crippen LogP contribution is -2.29. The average Bonchev–Trinajstić information content (AvgIpc) is 2.36. The lowest BCUT2D eigenvalue weighted by atomic mass is 9.98. The first-order chi connectivity index (χ1) is 8.69. The Morgan fingerprint density at radius 1 is 1.17 bits per heavy atom. The topological polar surface area (TPSA) is 38.0 Å². The molecule has 0 saturated carbocycles. The molecule has 0 fully saturated rings. The van der Waals surface area contributed by atoms with E-state index in [-0.39, 0.29) is 6.04 Å². The molecule has 0 heterocycles. The molecule has 1 atom stereocenters. The minimum absolute atomic E-state index is 0.129. The molecule has 1 unspecified atom stereocenters. The molecule has 0 aliphatic carbocycles. The van der Waals surface area contributed by atoms with E-state index in [2.05, 4.69) is 64.7 Å². The van der Waals surface area contributed by atoms with Crippen molar-refractivity contribution in [3.05, 3.63) is 69.7 Å². The van der Waals surface area contributed by atoms with Crippen LogP contribution in [0.15, 0.2) is 53.0 Å². The number of rotatable bonds is 4. The molecule has 2 aromatic rings. The van der Waals surface area contributed by atoms with Crippen molar-refractivity contribution in [1.29, 1.82) is 0 Å². The fraction of sp³-hybridized carbons (Fsp3) is 0.200. The summed E-state index contributed by atoms with van der Waals surface area (Å²) in [6, 6.07) is 16.9. The first-order valence-corrected chi connectivity index (χ1v) is 6.75. The molecule has 0 aliphatic heterocycles. The smallest absolute Gasteiger partial charge is 0.0500 e. The van der Waals surface area contributed by atoms with Crippen LogP contribution < -0.4 is 11.3 Å². The monoisotopic (exact) mass is 304 g/mol. The normalized spacial score (nSPS) is 12.4. The van der Waals surface area contributed by atoms with Crippen molar-refractivity contribution in [2.75, 3.05) is 0 Å². The molecule has 0 aliphatic rings. The Balaban J connectivity index is 2.19. The Morgan fingerprint density at radius 3 is 2.61 bits per heavy atom. The van der Waals surface area contributed by atoms with E-state index in [0.717, 1.165) is 10.9 Å². The van der Waals surface area contributed by atoms with Crippen LogP contribution in [0.5, 0.6) is 0 Å². The van der Waals surface area contributed by atoms with Crippen LogP contribution in [0.2, 0.25) is 0 Å². The molecule has 94 valence electrons. The first-order valence-electron chi connectivity index (χ1n) is 5.96. The summed E-state index contributed by atoms with van der Waals surface area (Å²) in [5, 5.41) is 0. The zero-order chi connectivity index (χ0) is 13.0. The van der Waals surface area contributed by atoms with Gasteiger partial charge in [0, 0.05) is 4.47 Å². The molecule has 2 rings (SSSR count). The summed E-state index contributed by atoms with van der Waals surface area (Å²) in [6.45, 7) is 2.10. The first kappa shape index (κ1) is 13.3. The highest BCUT2D eigenvalue weighted by atomic mass is 79.9. The van der Waals surface area contributed by atoms with Gasteiger partial charge in [0.2, 0.25) is 0 Å². The van der Waals surface area contributed by atoms with Gasteiger partial charge in [-0.3, -0.25) is 11.3 Å². The van der Waals surface area contributed by atoms with Crippen LogP contribution in [-0.2, 0) is 6.42 Å². The minimum Gasteiger partial charge on any atom is -0.271 e. The second-order valence-corrected chi connectivity index (χ2v) is 5.38. The third kappa shape index (κ3) is 3.42. The standard InChI is InChI=1S/C15H17BrN2/c1-11-4-2-5-12(8-11)9-15(18-17)13-6-3-7-14(16)10-13/h2-8,10,15,18H,9,17H2,1H3. The summed E-state index contributed by atoms with van der Waals surface area (Å²) < 4.78 is 1.07. The molecule has 0 aromatic heterocycles. The van der Waals surface area contributed by atoms with E-state index in [1.165, 1.54) is 16.7 Å². The molecule has 0 bridgehead atoms. The molecular weight excluding hydrogens is 288 g/mol. The summed E-state index contributed by atoms with van der Waals surface area (Å²) in [5.41, 5.74) is 6.65. The van der Waals surface area contributed by atoms with Crippen LogP contribution in [-0.4, -0.2) is 0 Å². The lowest BCUT2D eigenvalue weighted by molar-refractivity contribution is 0.551. The van der Waals surface area contributed by atoms with Gasteiger partial charge in [0.05, 0.1) is 6.04 Å². The van der Waals surface area contributed by atoms with Gasteiger partial charge in [-0.2, -0.15) is 0 Å². The number of nitrogens with one attached hydrogen (secondary N) is 1. The Kier molecular flexibility index (Phi) is 4.53. The minimum atomic E-state index is 0.129. The molecule has 2 aromatic carbocycles. The van der Waals surface area contributed by atoms with Crippen molar-refractivity contribution in [3.63, 3.8) is 0 Å². The van der Waals surface area contributed by atoms with Gasteiger partial charge in [-0.15, -0.1) is 0 Å². The third-order valence-corrected chi connectivity index (χ3v) is 3.47. The summed E-state index contributed by atoms with van der Waals surface area (Å²) in [5.74, 6) is 5.68. The van der Waals surface area contributed by atoms with Crippen LogP contribution in [0.1, 0.15) is 22.7 Å². The molecule has 18 heavy (non-hydrogen) atoms. The number of hydrogen-bond acceptors (Lipinski definition) is 2. The third-order valence-electron chi connectivity index (χ3n) is 2.97. The van der Waals surface area contributed by atoms with Crippen LogP contribution in [0.4, 0.5) is 0 Å². The summed E-state index contributed by atoms with van der Waals surface area (Å²) >= 11 is 3.49. The number of hydrogen-bond donors (Lipinski definition) is 2. The van der Waals surface area contributed by atoms with E-state index >= 15 is 0 Å². The molecule has 2 nitrogen and oxygen atoms in total. The predicted molar refractivity (Wildman–Crippen MR) is 79.1 cm³/mol. The summed E-state index contributed by atoms with van der Waals surface area (Å²) in [6.07, 6.45) is 0.884. The second kappa shape index (κ2) is 6.14. The maximum absolute atomic E-state index is 5.68. The Bertz CT molecular complexity index is 525. The van der Waals surface area contributed by atoms with Gasteiger partial charge in [0.1, 0.15) is 0 Å². The maximum atomic E-state index is 5.68. The molecular formula is C15H17BrN2. The largest absolute Gasteiger partial charge is 0.271 e. The summed E-state index contributed by atoms with van der Waals surface area (Å²) in [4.78, 5) is 0. The van der Waals surface area contributed by atoms with Crippen LogP contribution in [0, 0.1) is 6.92 Å². The number of nitrogens with two attached hydrogens (primary N) is 1. The van der Waals surface area contributed by atoms with Gasteiger partial charge in [0.15, 0.2) is 0 Å². The Morgan fingerprint density at radius 2 is 1.94 bits per heavy atom. The molecule has 0 saturated heterocycles. The number of aryl methyl sites for hydroxylation is 1.